The molecular weight excluding hydrogens is 219 g/mol. The van der Waals surface area contributed by atoms with Crippen LogP contribution in [0.4, 0.5) is 13.2 Å². The summed E-state index contributed by atoms with van der Waals surface area (Å²) in [4.78, 5) is 0. The third-order valence-electron chi connectivity index (χ3n) is 2.05. The molecule has 92 valence electrons. The average molecular weight is 235 g/mol. The summed E-state index contributed by atoms with van der Waals surface area (Å²) in [6.45, 7) is 3.26. The first-order chi connectivity index (χ1) is 7.51. The normalized spacial score (nSPS) is 12.0. The van der Waals surface area contributed by atoms with E-state index in [1.807, 2.05) is 13.1 Å². The van der Waals surface area contributed by atoms with E-state index in [1.54, 1.807) is 10.9 Å². The molecule has 0 atom stereocenters. The van der Waals surface area contributed by atoms with Gasteiger partial charge in [0.05, 0.1) is 12.6 Å². The molecule has 0 aromatic carbocycles. The minimum Gasteiger partial charge on any atom is -0.312 e. The van der Waals surface area contributed by atoms with Gasteiger partial charge in [-0.3, -0.25) is 4.68 Å². The molecule has 6 heteroatoms. The average Bonchev–Trinajstić information content (AvgIpc) is 2.60. The first-order valence-electron chi connectivity index (χ1n) is 5.30. The minimum atomic E-state index is -4.08. The van der Waals surface area contributed by atoms with Crippen LogP contribution in [0.15, 0.2) is 12.4 Å². The number of aryl methyl sites for hydroxylation is 1. The zero-order chi connectivity index (χ0) is 12.0. The summed E-state index contributed by atoms with van der Waals surface area (Å²) in [5.41, 5.74) is 0.913. The van der Waals surface area contributed by atoms with Gasteiger partial charge in [-0.05, 0) is 6.42 Å². The van der Waals surface area contributed by atoms with Crippen molar-refractivity contribution < 1.29 is 13.2 Å². The van der Waals surface area contributed by atoms with Gasteiger partial charge < -0.3 is 5.32 Å². The number of halogens is 3. The number of nitrogens with zero attached hydrogens (tertiary/aromatic N) is 2. The van der Waals surface area contributed by atoms with E-state index >= 15 is 0 Å². The van der Waals surface area contributed by atoms with Crippen molar-refractivity contribution in [2.45, 2.75) is 39.0 Å². The fraction of sp³-hybridized carbons (Fsp3) is 0.700. The second-order valence-electron chi connectivity index (χ2n) is 3.65. The summed E-state index contributed by atoms with van der Waals surface area (Å²) in [6.07, 6.45) is -0.363. The minimum absolute atomic E-state index is 0.0531. The lowest BCUT2D eigenvalue weighted by molar-refractivity contribution is -0.133. The van der Waals surface area contributed by atoms with Gasteiger partial charge in [-0.1, -0.05) is 6.92 Å². The van der Waals surface area contributed by atoms with E-state index in [4.69, 9.17) is 0 Å². The zero-order valence-electron chi connectivity index (χ0n) is 9.22. The molecule has 3 nitrogen and oxygen atoms in total. The van der Waals surface area contributed by atoms with Gasteiger partial charge in [-0.25, -0.2) is 0 Å². The summed E-state index contributed by atoms with van der Waals surface area (Å²) in [6, 6.07) is 0. The number of hydrogen-bond acceptors (Lipinski definition) is 2. The number of rotatable bonds is 6. The van der Waals surface area contributed by atoms with Crippen LogP contribution in [0.1, 0.15) is 25.3 Å². The number of aromatic nitrogens is 2. The molecule has 0 radical (unpaired) electrons. The second-order valence-corrected chi connectivity index (χ2v) is 3.65. The van der Waals surface area contributed by atoms with Crippen LogP contribution in [0.3, 0.4) is 0 Å². The Morgan fingerprint density at radius 2 is 2.19 bits per heavy atom. The molecule has 0 aliphatic heterocycles. The van der Waals surface area contributed by atoms with Gasteiger partial charge in [0, 0.05) is 31.4 Å². The fourth-order valence-corrected chi connectivity index (χ4v) is 1.31. The summed E-state index contributed by atoms with van der Waals surface area (Å²) in [5.74, 6) is 0. The van der Waals surface area contributed by atoms with E-state index in [-0.39, 0.29) is 6.54 Å². The van der Waals surface area contributed by atoms with E-state index in [9.17, 15) is 13.2 Å². The van der Waals surface area contributed by atoms with E-state index < -0.39 is 12.6 Å². The Hall–Kier alpha value is -1.04. The molecule has 0 saturated carbocycles. The molecule has 1 heterocycles. The van der Waals surface area contributed by atoms with Crippen LogP contribution in [0.25, 0.3) is 0 Å². The highest BCUT2D eigenvalue weighted by Gasteiger charge is 2.25. The third kappa shape index (κ3) is 5.16. The van der Waals surface area contributed by atoms with Crippen LogP contribution < -0.4 is 5.32 Å². The largest absolute Gasteiger partial charge is 0.390 e. The first kappa shape index (κ1) is 13.0. The Kier molecular flexibility index (Phi) is 4.79. The summed E-state index contributed by atoms with van der Waals surface area (Å²) < 4.78 is 37.3. The number of alkyl halides is 3. The van der Waals surface area contributed by atoms with Crippen LogP contribution in [-0.4, -0.2) is 22.5 Å². The molecule has 1 rings (SSSR count). The van der Waals surface area contributed by atoms with Crippen molar-refractivity contribution in [3.8, 4) is 0 Å². The lowest BCUT2D eigenvalue weighted by Gasteiger charge is -2.06. The molecule has 1 N–H and O–H groups in total. The molecule has 0 spiro atoms. The van der Waals surface area contributed by atoms with E-state index in [0.29, 0.717) is 6.54 Å². The van der Waals surface area contributed by atoms with Gasteiger partial charge in [-0.2, -0.15) is 18.3 Å². The Bertz CT molecular complexity index is 307. The second kappa shape index (κ2) is 5.89. The van der Waals surface area contributed by atoms with E-state index in [0.717, 1.165) is 18.5 Å². The smallest absolute Gasteiger partial charge is 0.312 e. The lowest BCUT2D eigenvalue weighted by Crippen LogP contribution is -2.21. The molecule has 0 aliphatic rings. The van der Waals surface area contributed by atoms with Gasteiger partial charge in [0.2, 0.25) is 0 Å². The van der Waals surface area contributed by atoms with Crippen molar-refractivity contribution in [3.63, 3.8) is 0 Å². The zero-order valence-corrected chi connectivity index (χ0v) is 9.22. The predicted molar refractivity (Wildman–Crippen MR) is 54.9 cm³/mol. The molecule has 1 aromatic rings. The molecule has 0 unspecified atom stereocenters. The summed E-state index contributed by atoms with van der Waals surface area (Å²) in [5, 5.41) is 6.83. The summed E-state index contributed by atoms with van der Waals surface area (Å²) in [7, 11) is 0. The Morgan fingerprint density at radius 1 is 1.44 bits per heavy atom. The fourth-order valence-electron chi connectivity index (χ4n) is 1.31. The van der Waals surface area contributed by atoms with Gasteiger partial charge in [0.1, 0.15) is 0 Å². The molecule has 0 saturated heterocycles. The van der Waals surface area contributed by atoms with Crippen molar-refractivity contribution in [1.29, 1.82) is 0 Å². The van der Waals surface area contributed by atoms with Crippen LogP contribution in [0.5, 0.6) is 0 Å². The van der Waals surface area contributed by atoms with Crippen molar-refractivity contribution in [2.75, 3.05) is 6.54 Å². The lowest BCUT2D eigenvalue weighted by atomic mass is 10.3. The molecule has 0 aliphatic carbocycles. The van der Waals surface area contributed by atoms with Crippen LogP contribution in [0, 0.1) is 0 Å². The first-order valence-corrected chi connectivity index (χ1v) is 5.30. The maximum absolute atomic E-state index is 11.8. The Balaban J connectivity index is 2.21. The van der Waals surface area contributed by atoms with Crippen molar-refractivity contribution in [2.24, 2.45) is 0 Å². The monoisotopic (exact) mass is 235 g/mol. The number of nitrogens with one attached hydrogen (secondary N) is 1. The van der Waals surface area contributed by atoms with Crippen molar-refractivity contribution in [3.05, 3.63) is 18.0 Å². The Morgan fingerprint density at radius 3 is 2.81 bits per heavy atom. The van der Waals surface area contributed by atoms with E-state index in [1.165, 1.54) is 0 Å². The standard InChI is InChI=1S/C10H16F3N3/c1-2-5-16-8-9(7-15-16)6-14-4-3-10(11,12)13/h7-8,14H,2-6H2,1H3. The van der Waals surface area contributed by atoms with Gasteiger partial charge >= 0.3 is 6.18 Å². The summed E-state index contributed by atoms with van der Waals surface area (Å²) >= 11 is 0. The quantitative estimate of drug-likeness (QED) is 0.767. The topological polar surface area (TPSA) is 29.9 Å². The van der Waals surface area contributed by atoms with E-state index in [2.05, 4.69) is 10.4 Å². The maximum atomic E-state index is 11.8. The number of hydrogen-bond donors (Lipinski definition) is 1. The SMILES string of the molecule is CCCn1cc(CNCCC(F)(F)F)cn1. The van der Waals surface area contributed by atoms with Crippen LogP contribution in [0.2, 0.25) is 0 Å². The van der Waals surface area contributed by atoms with Crippen molar-refractivity contribution in [1.82, 2.24) is 15.1 Å². The van der Waals surface area contributed by atoms with Gasteiger partial charge in [0.25, 0.3) is 0 Å². The highest BCUT2D eigenvalue weighted by atomic mass is 19.4. The molecule has 0 fully saturated rings. The third-order valence-corrected chi connectivity index (χ3v) is 2.05. The van der Waals surface area contributed by atoms with Crippen LogP contribution >= 0.6 is 0 Å². The maximum Gasteiger partial charge on any atom is 0.390 e. The Labute approximate surface area is 92.6 Å². The molecule has 0 bridgehead atoms. The van der Waals surface area contributed by atoms with Crippen LogP contribution in [-0.2, 0) is 13.1 Å². The molecular formula is C10H16F3N3. The van der Waals surface area contributed by atoms with Gasteiger partial charge in [0.15, 0.2) is 0 Å². The molecule has 1 aromatic heterocycles. The predicted octanol–water partition coefficient (Wildman–Crippen LogP) is 2.34. The van der Waals surface area contributed by atoms with Gasteiger partial charge in [-0.15, -0.1) is 0 Å². The highest BCUT2D eigenvalue weighted by Crippen LogP contribution is 2.18. The highest BCUT2D eigenvalue weighted by molar-refractivity contribution is 5.03. The van der Waals surface area contributed by atoms with Crippen molar-refractivity contribution >= 4 is 0 Å². The molecule has 16 heavy (non-hydrogen) atoms. The molecule has 0 amide bonds.